The summed E-state index contributed by atoms with van der Waals surface area (Å²) in [7, 11) is 0. The van der Waals surface area contributed by atoms with Gasteiger partial charge in [-0.25, -0.2) is 0 Å². The van der Waals surface area contributed by atoms with E-state index in [0.29, 0.717) is 33.5 Å². The molecule has 6 nitrogen and oxygen atoms in total. The molecule has 0 saturated heterocycles. The van der Waals surface area contributed by atoms with E-state index in [1.54, 1.807) is 36.7 Å². The van der Waals surface area contributed by atoms with Crippen molar-refractivity contribution in [2.75, 3.05) is 0 Å². The number of para-hydroxylation sites is 1. The Labute approximate surface area is 172 Å². The van der Waals surface area contributed by atoms with Gasteiger partial charge in [0.1, 0.15) is 0 Å². The maximum absolute atomic E-state index is 13.4. The van der Waals surface area contributed by atoms with E-state index in [-0.39, 0.29) is 17.8 Å². The molecule has 0 N–H and O–H groups in total. The van der Waals surface area contributed by atoms with Crippen molar-refractivity contribution < 1.29 is 8.81 Å². The van der Waals surface area contributed by atoms with Gasteiger partial charge in [0, 0.05) is 0 Å². The predicted octanol–water partition coefficient (Wildman–Crippen LogP) is 2.05. The van der Waals surface area contributed by atoms with Crippen molar-refractivity contribution in [3.63, 3.8) is 0 Å². The molecule has 0 saturated carbocycles. The van der Waals surface area contributed by atoms with Gasteiger partial charge in [-0.2, -0.15) is 0 Å². The zero-order valence-electron chi connectivity index (χ0n) is 15.0. The van der Waals surface area contributed by atoms with E-state index in [2.05, 4.69) is 15.0 Å². The number of benzene rings is 2. The van der Waals surface area contributed by atoms with Crippen molar-refractivity contribution in [1.82, 2.24) is 19.5 Å². The molecule has 0 radical (unpaired) electrons. The molecule has 29 heavy (non-hydrogen) atoms. The third-order valence-corrected chi connectivity index (χ3v) is 5.63. The first-order chi connectivity index (χ1) is 14.1. The van der Waals surface area contributed by atoms with E-state index in [4.69, 9.17) is 4.42 Å². The summed E-state index contributed by atoms with van der Waals surface area (Å²) in [4.78, 5) is 26.2. The van der Waals surface area contributed by atoms with E-state index >= 15 is 0 Å². The van der Waals surface area contributed by atoms with Crippen LogP contribution in [0.4, 0.5) is 4.39 Å². The van der Waals surface area contributed by atoms with Crippen molar-refractivity contribution in [2.24, 2.45) is 0 Å². The average Bonchev–Trinajstić information content (AvgIpc) is 3.14. The molecule has 5 aromatic rings. The Morgan fingerprint density at radius 3 is 2.66 bits per heavy atom. The quantitative estimate of drug-likeness (QED) is 0.395. The molecule has 5 rings (SSSR count). The number of imidazole rings is 1. The van der Waals surface area contributed by atoms with Crippen LogP contribution in [-0.2, 0) is 6.54 Å². The van der Waals surface area contributed by atoms with Crippen LogP contribution in [0.5, 0.6) is 0 Å². The fraction of sp³-hybridized carbons (Fsp3) is 0.0476. The molecule has 3 heterocycles. The van der Waals surface area contributed by atoms with Crippen LogP contribution in [0.15, 0.2) is 70.4 Å². The van der Waals surface area contributed by atoms with Crippen molar-refractivity contribution in [3.05, 3.63) is 83.0 Å². The number of aromatic nitrogens is 4. The number of rotatable bonds is 3. The Kier molecular flexibility index (Phi) is 4.25. The summed E-state index contributed by atoms with van der Waals surface area (Å²) in [6, 6.07) is 12.9. The Bertz CT molecular complexity index is 1430. The van der Waals surface area contributed by atoms with Crippen LogP contribution < -0.4 is 9.91 Å². The molecule has 0 aliphatic carbocycles. The minimum absolute atomic E-state index is 0.160. The van der Waals surface area contributed by atoms with Crippen LogP contribution in [0.1, 0.15) is 5.76 Å². The Hall–Kier alpha value is -3.31. The molecule has 2 aromatic carbocycles. The van der Waals surface area contributed by atoms with Crippen LogP contribution in [0, 0.1) is 5.82 Å². The summed E-state index contributed by atoms with van der Waals surface area (Å²) in [5.74, 6) is 0.0940. The number of halogens is 1. The number of hydrogen-bond acceptors (Lipinski definition) is 5. The van der Waals surface area contributed by atoms with E-state index in [9.17, 15) is 9.18 Å². The summed E-state index contributed by atoms with van der Waals surface area (Å²) in [5, 5.41) is 0.479. The molecule has 1 atom stereocenters. The topological polar surface area (TPSA) is 73.8 Å². The van der Waals surface area contributed by atoms with Gasteiger partial charge in [0.2, 0.25) is 0 Å². The van der Waals surface area contributed by atoms with Gasteiger partial charge in [-0.3, -0.25) is 0 Å². The summed E-state index contributed by atoms with van der Waals surface area (Å²) in [6.45, 7) is 0.257. The molecule has 142 valence electrons. The van der Waals surface area contributed by atoms with Gasteiger partial charge < -0.3 is 0 Å². The van der Waals surface area contributed by atoms with Crippen LogP contribution >= 0.6 is 0 Å². The maximum atomic E-state index is 13.4. The number of fused-ring (bicyclic) bond motifs is 2. The van der Waals surface area contributed by atoms with Gasteiger partial charge in [0.05, 0.1) is 0 Å². The van der Waals surface area contributed by atoms with Gasteiger partial charge in [0.15, 0.2) is 0 Å². The second-order valence-corrected chi connectivity index (χ2v) is 7.68. The molecule has 0 amide bonds. The van der Waals surface area contributed by atoms with Crippen LogP contribution in [0.2, 0.25) is 0 Å². The van der Waals surface area contributed by atoms with Crippen LogP contribution in [0.3, 0.4) is 0 Å². The molecular weight excluding hydrogens is 434 g/mol. The summed E-state index contributed by atoms with van der Waals surface area (Å²) in [5.41, 5.74) is 2.73. The molecule has 0 bridgehead atoms. The van der Waals surface area contributed by atoms with Gasteiger partial charge in [-0.05, 0) is 0 Å². The first-order valence-electron chi connectivity index (χ1n) is 8.84. The molecule has 0 spiro atoms. The first-order valence-corrected chi connectivity index (χ1v) is 10.0. The zero-order valence-corrected chi connectivity index (χ0v) is 17.5. The third kappa shape index (κ3) is 3.04. The fourth-order valence-corrected chi connectivity index (χ4v) is 3.94. The molecule has 0 fully saturated rings. The normalized spacial score (nSPS) is 11.4. The molecule has 0 aliphatic rings. The van der Waals surface area contributed by atoms with Gasteiger partial charge >= 0.3 is 172 Å². The van der Waals surface area contributed by atoms with Crippen molar-refractivity contribution in [3.8, 4) is 11.1 Å². The third-order valence-electron chi connectivity index (χ3n) is 4.75. The average molecular weight is 448 g/mol. The van der Waals surface area contributed by atoms with Gasteiger partial charge in [-0.15, -0.1) is 0 Å². The van der Waals surface area contributed by atoms with E-state index in [1.807, 2.05) is 10.6 Å². The Morgan fingerprint density at radius 1 is 1.03 bits per heavy atom. The van der Waals surface area contributed by atoms with Gasteiger partial charge in [0.25, 0.3) is 0 Å². The van der Waals surface area contributed by atoms with Gasteiger partial charge in [-0.1, -0.05) is 0 Å². The van der Waals surface area contributed by atoms with Crippen molar-refractivity contribution >= 4 is 43.5 Å². The number of hydrogen-bond donors (Lipinski definition) is 0. The Morgan fingerprint density at radius 2 is 1.83 bits per heavy atom. The van der Waals surface area contributed by atoms with E-state index < -0.39 is 0 Å². The zero-order chi connectivity index (χ0) is 20.0. The summed E-state index contributed by atoms with van der Waals surface area (Å²) < 4.78 is 22.2. The number of nitrogens with zero attached hydrogens (tertiary/aromatic N) is 4. The SMILES string of the molecule is O=c1c(-c2ccc(F)cc2)c(Cn2cnc3c([AsH2])ncnc32)oc2ccccc12. The van der Waals surface area contributed by atoms with Crippen LogP contribution in [-0.4, -0.2) is 36.4 Å². The van der Waals surface area contributed by atoms with Crippen molar-refractivity contribution in [2.45, 2.75) is 6.54 Å². The second kappa shape index (κ2) is 6.94. The van der Waals surface area contributed by atoms with Crippen LogP contribution in [0.25, 0.3) is 33.3 Å². The standard InChI is InChI=1S/C21H14AsFN4O2/c22-20-18-21(25-10-24-20)27(11-26-18)9-16-17(12-5-7-13(23)8-6-12)19(28)14-3-1-2-4-15(14)29-16/h1-8,10-11H,9,22H2. The minimum atomic E-state index is -0.366. The van der Waals surface area contributed by atoms with E-state index in [0.717, 1.165) is 10.00 Å². The van der Waals surface area contributed by atoms with Crippen molar-refractivity contribution in [1.29, 1.82) is 0 Å². The fourth-order valence-electron chi connectivity index (χ4n) is 3.38. The Balaban J connectivity index is 1.75. The first kappa shape index (κ1) is 17.8. The predicted molar refractivity (Wildman–Crippen MR) is 110 cm³/mol. The molecule has 1 unspecified atom stereocenters. The molecule has 3 aromatic heterocycles. The molecule has 0 aliphatic heterocycles. The molecular formula is C21H14AsFN4O2. The summed E-state index contributed by atoms with van der Waals surface area (Å²) >= 11 is 1.36. The monoisotopic (exact) mass is 448 g/mol. The van der Waals surface area contributed by atoms with E-state index in [1.165, 1.54) is 35.3 Å². The summed E-state index contributed by atoms with van der Waals surface area (Å²) in [6.07, 6.45) is 3.15. The second-order valence-electron chi connectivity index (χ2n) is 6.54. The molecule has 8 heteroatoms.